The molecule has 0 atom stereocenters. The highest BCUT2D eigenvalue weighted by Crippen LogP contribution is 2.35. The van der Waals surface area contributed by atoms with E-state index in [1.165, 1.54) is 0 Å². The number of nitrogens with one attached hydrogen (secondary N) is 1. The molecule has 19 heavy (non-hydrogen) atoms. The van der Waals surface area contributed by atoms with Crippen molar-refractivity contribution in [3.8, 4) is 0 Å². The van der Waals surface area contributed by atoms with Crippen LogP contribution in [-0.2, 0) is 6.18 Å². The second kappa shape index (κ2) is 5.04. The average Bonchev–Trinajstić information content (AvgIpc) is 2.27. The Labute approximate surface area is 107 Å². The van der Waals surface area contributed by atoms with E-state index >= 15 is 0 Å². The Hall–Kier alpha value is -1.83. The summed E-state index contributed by atoms with van der Waals surface area (Å²) in [5, 5.41) is 13.6. The van der Waals surface area contributed by atoms with Gasteiger partial charge in [0.15, 0.2) is 0 Å². The molecule has 0 heterocycles. The summed E-state index contributed by atoms with van der Waals surface area (Å²) in [6, 6.07) is 2.34. The fourth-order valence-corrected chi connectivity index (χ4v) is 1.38. The van der Waals surface area contributed by atoms with Gasteiger partial charge in [0.05, 0.1) is 10.5 Å². The van der Waals surface area contributed by atoms with Gasteiger partial charge in [-0.05, 0) is 26.0 Å². The third-order valence-corrected chi connectivity index (χ3v) is 2.51. The quantitative estimate of drug-likeness (QED) is 0.655. The molecule has 0 amide bonds. The molecule has 0 radical (unpaired) electrons. The van der Waals surface area contributed by atoms with Crippen LogP contribution in [0.4, 0.5) is 24.5 Å². The van der Waals surface area contributed by atoms with E-state index in [9.17, 15) is 23.3 Å². The molecule has 0 unspecified atom stereocenters. The maximum absolute atomic E-state index is 12.5. The standard InChI is InChI=1S/C11H14F3N3O2/c1-10(2,6-15)16-8-4-3-7(11(12,13)14)5-9(8)17(18)19/h3-5,16H,6,15H2,1-2H3. The minimum Gasteiger partial charge on any atom is -0.373 e. The smallest absolute Gasteiger partial charge is 0.373 e. The van der Waals surface area contributed by atoms with Gasteiger partial charge in [-0.1, -0.05) is 0 Å². The molecule has 0 spiro atoms. The minimum atomic E-state index is -4.62. The Morgan fingerprint density at radius 1 is 1.37 bits per heavy atom. The maximum atomic E-state index is 12.5. The first-order chi connectivity index (χ1) is 8.57. The Bertz CT molecular complexity index is 487. The molecule has 0 aromatic heterocycles. The Kier molecular flexibility index (Phi) is 4.04. The molecular formula is C11H14F3N3O2. The van der Waals surface area contributed by atoms with E-state index in [-0.39, 0.29) is 12.2 Å². The van der Waals surface area contributed by atoms with Gasteiger partial charge in [0.2, 0.25) is 0 Å². The van der Waals surface area contributed by atoms with Crippen LogP contribution in [0.3, 0.4) is 0 Å². The van der Waals surface area contributed by atoms with Crippen LogP contribution in [0.15, 0.2) is 18.2 Å². The Balaban J connectivity index is 3.24. The van der Waals surface area contributed by atoms with Gasteiger partial charge < -0.3 is 11.1 Å². The van der Waals surface area contributed by atoms with Crippen LogP contribution in [0.1, 0.15) is 19.4 Å². The predicted octanol–water partition coefficient (Wildman–Crippen LogP) is 2.76. The Morgan fingerprint density at radius 2 is 1.95 bits per heavy atom. The van der Waals surface area contributed by atoms with E-state index in [1.807, 2.05) is 0 Å². The minimum absolute atomic E-state index is 0.00782. The van der Waals surface area contributed by atoms with Gasteiger partial charge in [0, 0.05) is 18.2 Å². The van der Waals surface area contributed by atoms with Crippen molar-refractivity contribution in [3.05, 3.63) is 33.9 Å². The maximum Gasteiger partial charge on any atom is 0.416 e. The van der Waals surface area contributed by atoms with Crippen molar-refractivity contribution >= 4 is 11.4 Å². The zero-order valence-electron chi connectivity index (χ0n) is 10.4. The molecule has 0 aliphatic carbocycles. The summed E-state index contributed by atoms with van der Waals surface area (Å²) in [7, 11) is 0. The topological polar surface area (TPSA) is 81.2 Å². The number of hydrogen-bond acceptors (Lipinski definition) is 4. The summed E-state index contributed by atoms with van der Waals surface area (Å²) < 4.78 is 37.5. The molecular weight excluding hydrogens is 263 g/mol. The summed E-state index contributed by atoms with van der Waals surface area (Å²) >= 11 is 0. The molecule has 0 bridgehead atoms. The fourth-order valence-electron chi connectivity index (χ4n) is 1.38. The first kappa shape index (κ1) is 15.2. The van der Waals surface area contributed by atoms with Gasteiger partial charge in [-0.2, -0.15) is 13.2 Å². The SMILES string of the molecule is CC(C)(CN)Nc1ccc(C(F)(F)F)cc1[N+](=O)[O-]. The van der Waals surface area contributed by atoms with E-state index in [0.717, 1.165) is 12.1 Å². The van der Waals surface area contributed by atoms with E-state index < -0.39 is 27.9 Å². The second-order valence-corrected chi connectivity index (χ2v) is 4.70. The van der Waals surface area contributed by atoms with Gasteiger partial charge in [-0.15, -0.1) is 0 Å². The number of halogens is 3. The largest absolute Gasteiger partial charge is 0.416 e. The molecule has 3 N–H and O–H groups in total. The van der Waals surface area contributed by atoms with E-state index in [2.05, 4.69) is 5.32 Å². The lowest BCUT2D eigenvalue weighted by Crippen LogP contribution is -2.39. The molecule has 0 aliphatic rings. The molecule has 1 aromatic rings. The molecule has 1 aromatic carbocycles. The number of nitrogens with two attached hydrogens (primary N) is 1. The van der Waals surface area contributed by atoms with Crippen molar-refractivity contribution in [2.24, 2.45) is 5.73 Å². The lowest BCUT2D eigenvalue weighted by Gasteiger charge is -2.25. The van der Waals surface area contributed by atoms with Crippen LogP contribution < -0.4 is 11.1 Å². The molecule has 5 nitrogen and oxygen atoms in total. The summed E-state index contributed by atoms with van der Waals surface area (Å²) in [5.41, 5.74) is 3.12. The van der Waals surface area contributed by atoms with Gasteiger partial charge in [0.25, 0.3) is 5.69 Å². The van der Waals surface area contributed by atoms with E-state index in [1.54, 1.807) is 13.8 Å². The van der Waals surface area contributed by atoms with Crippen molar-refractivity contribution in [2.45, 2.75) is 25.6 Å². The third-order valence-electron chi connectivity index (χ3n) is 2.51. The van der Waals surface area contributed by atoms with E-state index in [4.69, 9.17) is 5.73 Å². The van der Waals surface area contributed by atoms with Gasteiger partial charge in [-0.3, -0.25) is 10.1 Å². The van der Waals surface area contributed by atoms with Crippen molar-refractivity contribution in [2.75, 3.05) is 11.9 Å². The first-order valence-corrected chi connectivity index (χ1v) is 5.41. The molecule has 0 saturated heterocycles. The highest BCUT2D eigenvalue weighted by atomic mass is 19.4. The van der Waals surface area contributed by atoms with Crippen LogP contribution >= 0.6 is 0 Å². The summed E-state index contributed by atoms with van der Waals surface area (Å²) in [6.45, 7) is 3.55. The van der Waals surface area contributed by atoms with Crippen molar-refractivity contribution < 1.29 is 18.1 Å². The molecule has 0 aliphatic heterocycles. The van der Waals surface area contributed by atoms with Crippen molar-refractivity contribution in [1.29, 1.82) is 0 Å². The highest BCUT2D eigenvalue weighted by Gasteiger charge is 2.33. The number of nitrogens with zero attached hydrogens (tertiary/aromatic N) is 1. The summed E-state index contributed by atoms with van der Waals surface area (Å²) in [5.74, 6) is 0. The number of anilines is 1. The summed E-state index contributed by atoms with van der Waals surface area (Å²) in [4.78, 5) is 9.99. The molecule has 106 valence electrons. The third kappa shape index (κ3) is 3.82. The van der Waals surface area contributed by atoms with Crippen LogP contribution in [0.5, 0.6) is 0 Å². The molecule has 0 saturated carbocycles. The van der Waals surface area contributed by atoms with E-state index in [0.29, 0.717) is 6.07 Å². The number of nitro groups is 1. The molecule has 0 fully saturated rings. The van der Waals surface area contributed by atoms with Crippen LogP contribution in [0.2, 0.25) is 0 Å². The highest BCUT2D eigenvalue weighted by molar-refractivity contribution is 5.64. The number of benzene rings is 1. The average molecular weight is 277 g/mol. The number of alkyl halides is 3. The second-order valence-electron chi connectivity index (χ2n) is 4.70. The number of hydrogen-bond donors (Lipinski definition) is 2. The molecule has 8 heteroatoms. The Morgan fingerprint density at radius 3 is 2.37 bits per heavy atom. The molecule has 1 rings (SSSR count). The van der Waals surface area contributed by atoms with Crippen LogP contribution in [-0.4, -0.2) is 17.0 Å². The number of rotatable bonds is 4. The van der Waals surface area contributed by atoms with Gasteiger partial charge in [-0.25, -0.2) is 0 Å². The van der Waals surface area contributed by atoms with Gasteiger partial charge in [0.1, 0.15) is 5.69 Å². The van der Waals surface area contributed by atoms with Crippen molar-refractivity contribution in [1.82, 2.24) is 0 Å². The van der Waals surface area contributed by atoms with Crippen LogP contribution in [0, 0.1) is 10.1 Å². The van der Waals surface area contributed by atoms with Crippen molar-refractivity contribution in [3.63, 3.8) is 0 Å². The monoisotopic (exact) mass is 277 g/mol. The number of nitro benzene ring substituents is 1. The first-order valence-electron chi connectivity index (χ1n) is 5.41. The van der Waals surface area contributed by atoms with Gasteiger partial charge >= 0.3 is 6.18 Å². The zero-order chi connectivity index (χ0) is 14.8. The lowest BCUT2D eigenvalue weighted by molar-refractivity contribution is -0.384. The zero-order valence-corrected chi connectivity index (χ0v) is 10.4. The predicted molar refractivity (Wildman–Crippen MR) is 64.9 cm³/mol. The normalized spacial score (nSPS) is 12.3. The lowest BCUT2D eigenvalue weighted by atomic mass is 10.0. The summed E-state index contributed by atoms with van der Waals surface area (Å²) in [6.07, 6.45) is -4.62. The van der Waals surface area contributed by atoms with Crippen LogP contribution in [0.25, 0.3) is 0 Å². The fraction of sp³-hybridized carbons (Fsp3) is 0.455.